The van der Waals surface area contributed by atoms with Crippen LogP contribution in [0.5, 0.6) is 11.5 Å². The van der Waals surface area contributed by atoms with Crippen LogP contribution in [0.15, 0.2) is 29.5 Å². The van der Waals surface area contributed by atoms with Crippen LogP contribution in [0.1, 0.15) is 24.8 Å². The maximum atomic E-state index is 9.21. The first-order valence-electron chi connectivity index (χ1n) is 8.78. The van der Waals surface area contributed by atoms with E-state index in [1.165, 1.54) is 12.8 Å². The monoisotopic (exact) mass is 338 g/mol. The smallest absolute Gasteiger partial charge is 0.142 e. The molecule has 4 rings (SSSR count). The largest absolute Gasteiger partial charge is 0.489 e. The van der Waals surface area contributed by atoms with Crippen molar-refractivity contribution < 1.29 is 9.47 Å². The molecule has 0 saturated carbocycles. The zero-order valence-electron chi connectivity index (χ0n) is 14.1. The van der Waals surface area contributed by atoms with E-state index in [0.717, 1.165) is 30.2 Å². The van der Waals surface area contributed by atoms with E-state index >= 15 is 0 Å². The average molecular weight is 338 g/mol. The van der Waals surface area contributed by atoms with Crippen molar-refractivity contribution in [2.45, 2.75) is 31.8 Å². The highest BCUT2D eigenvalue weighted by Crippen LogP contribution is 2.39. The van der Waals surface area contributed by atoms with Crippen molar-refractivity contribution in [3.05, 3.63) is 35.0 Å². The molecule has 1 aromatic rings. The maximum Gasteiger partial charge on any atom is 0.142 e. The molecule has 1 aromatic carbocycles. The molecule has 2 atom stereocenters. The minimum Gasteiger partial charge on any atom is -0.489 e. The van der Waals surface area contributed by atoms with Crippen LogP contribution < -0.4 is 15.2 Å². The summed E-state index contributed by atoms with van der Waals surface area (Å²) in [5.41, 5.74) is 8.09. The molecule has 3 aliphatic rings. The Morgan fingerprint density at radius 3 is 2.88 bits per heavy atom. The van der Waals surface area contributed by atoms with Crippen LogP contribution >= 0.6 is 0 Å². The fourth-order valence-electron chi connectivity index (χ4n) is 3.88. The number of benzene rings is 1. The molecule has 130 valence electrons. The van der Waals surface area contributed by atoms with Crippen molar-refractivity contribution in [1.82, 2.24) is 4.90 Å². The lowest BCUT2D eigenvalue weighted by molar-refractivity contribution is 0.135. The molecule has 25 heavy (non-hydrogen) atoms. The minimum atomic E-state index is -0.175. The molecule has 0 bridgehead atoms. The summed E-state index contributed by atoms with van der Waals surface area (Å²) in [6.45, 7) is 2.80. The molecule has 6 heteroatoms. The van der Waals surface area contributed by atoms with Gasteiger partial charge in [-0.15, -0.1) is 0 Å². The van der Waals surface area contributed by atoms with Gasteiger partial charge in [0.2, 0.25) is 0 Å². The molecule has 0 radical (unpaired) electrons. The molecule has 2 aliphatic heterocycles. The Morgan fingerprint density at radius 2 is 2.12 bits per heavy atom. The molecular formula is C19H22N4O2. The minimum absolute atomic E-state index is 0.106. The Bertz CT molecular complexity index is 774. The van der Waals surface area contributed by atoms with Crippen molar-refractivity contribution in [2.24, 2.45) is 11.7 Å². The SMILES string of the molecule is N#CC1=C(N)CC2Oc3cc(OCN4CCCC4)ccc3CC2C1=N. The molecule has 1 aliphatic carbocycles. The van der Waals surface area contributed by atoms with Gasteiger partial charge < -0.3 is 20.6 Å². The summed E-state index contributed by atoms with van der Waals surface area (Å²) < 4.78 is 12.0. The first kappa shape index (κ1) is 16.0. The zero-order chi connectivity index (χ0) is 17.4. The third-order valence-electron chi connectivity index (χ3n) is 5.31. The third kappa shape index (κ3) is 2.96. The van der Waals surface area contributed by atoms with Crippen LogP contribution in [0, 0.1) is 22.7 Å². The maximum absolute atomic E-state index is 9.21. The molecule has 0 amide bonds. The number of hydrogen-bond donors (Lipinski definition) is 2. The number of likely N-dealkylation sites (tertiary alicyclic amines) is 1. The van der Waals surface area contributed by atoms with Gasteiger partial charge in [-0.2, -0.15) is 5.26 Å². The van der Waals surface area contributed by atoms with Gasteiger partial charge in [-0.1, -0.05) is 6.07 Å². The lowest BCUT2D eigenvalue weighted by atomic mass is 9.78. The summed E-state index contributed by atoms with van der Waals surface area (Å²) in [5, 5.41) is 17.5. The molecule has 1 fully saturated rings. The molecule has 2 unspecified atom stereocenters. The summed E-state index contributed by atoms with van der Waals surface area (Å²) in [7, 11) is 0. The highest BCUT2D eigenvalue weighted by molar-refractivity contribution is 6.05. The second-order valence-corrected chi connectivity index (χ2v) is 6.96. The van der Waals surface area contributed by atoms with E-state index in [1.807, 2.05) is 18.2 Å². The highest BCUT2D eigenvalue weighted by Gasteiger charge is 2.39. The van der Waals surface area contributed by atoms with Gasteiger partial charge in [-0.25, -0.2) is 0 Å². The lowest BCUT2D eigenvalue weighted by Crippen LogP contribution is -2.43. The molecule has 0 spiro atoms. The standard InChI is InChI=1S/C19H22N4O2/c20-10-15-16(21)9-18-14(19(15)22)7-12-3-4-13(8-17(12)25-18)24-11-23-5-1-2-6-23/h3-4,8,14,18,22H,1-2,5-7,9,11,21H2. The van der Waals surface area contributed by atoms with Gasteiger partial charge in [0.15, 0.2) is 0 Å². The van der Waals surface area contributed by atoms with E-state index in [0.29, 0.717) is 36.6 Å². The fraction of sp³-hybridized carbons (Fsp3) is 0.474. The number of nitrogens with one attached hydrogen (secondary N) is 1. The van der Waals surface area contributed by atoms with Gasteiger partial charge in [-0.3, -0.25) is 4.90 Å². The van der Waals surface area contributed by atoms with E-state index < -0.39 is 0 Å². The van der Waals surface area contributed by atoms with Crippen molar-refractivity contribution in [1.29, 1.82) is 10.7 Å². The van der Waals surface area contributed by atoms with Crippen LogP contribution in [0.2, 0.25) is 0 Å². The second kappa shape index (κ2) is 6.41. The Labute approximate surface area is 147 Å². The first-order chi connectivity index (χ1) is 12.2. The number of fused-ring (bicyclic) bond motifs is 2. The summed E-state index contributed by atoms with van der Waals surface area (Å²) >= 11 is 0. The number of rotatable bonds is 3. The molecule has 2 heterocycles. The van der Waals surface area contributed by atoms with Crippen molar-refractivity contribution in [3.63, 3.8) is 0 Å². The fourth-order valence-corrected chi connectivity index (χ4v) is 3.88. The van der Waals surface area contributed by atoms with Crippen LogP contribution in [-0.2, 0) is 6.42 Å². The number of nitrogens with zero attached hydrogens (tertiary/aromatic N) is 2. The van der Waals surface area contributed by atoms with E-state index in [4.69, 9.17) is 20.6 Å². The number of ether oxygens (including phenoxy) is 2. The molecule has 6 nitrogen and oxygen atoms in total. The Hall–Kier alpha value is -2.52. The van der Waals surface area contributed by atoms with Crippen molar-refractivity contribution >= 4 is 5.71 Å². The van der Waals surface area contributed by atoms with Gasteiger partial charge in [0.1, 0.15) is 30.4 Å². The molecule has 3 N–H and O–H groups in total. The second-order valence-electron chi connectivity index (χ2n) is 6.96. The van der Waals surface area contributed by atoms with E-state index in [1.54, 1.807) is 0 Å². The zero-order valence-corrected chi connectivity index (χ0v) is 14.1. The Balaban J connectivity index is 1.50. The average Bonchev–Trinajstić information content (AvgIpc) is 3.12. The molecule has 1 saturated heterocycles. The quantitative estimate of drug-likeness (QED) is 0.881. The summed E-state index contributed by atoms with van der Waals surface area (Å²) in [5.74, 6) is 1.50. The Kier molecular flexibility index (Phi) is 4.10. The van der Waals surface area contributed by atoms with E-state index in [9.17, 15) is 5.26 Å². The molecule has 0 aromatic heterocycles. The van der Waals surface area contributed by atoms with Crippen LogP contribution in [-0.4, -0.2) is 36.5 Å². The van der Waals surface area contributed by atoms with Gasteiger partial charge >= 0.3 is 0 Å². The molecular weight excluding hydrogens is 316 g/mol. The summed E-state index contributed by atoms with van der Waals surface area (Å²) in [6, 6.07) is 7.96. The van der Waals surface area contributed by atoms with Gasteiger partial charge in [0, 0.05) is 37.2 Å². The van der Waals surface area contributed by atoms with Gasteiger partial charge in [0.05, 0.1) is 11.3 Å². The Morgan fingerprint density at radius 1 is 1.32 bits per heavy atom. The summed E-state index contributed by atoms with van der Waals surface area (Å²) in [6.07, 6.45) is 3.50. The van der Waals surface area contributed by atoms with E-state index in [-0.39, 0.29) is 12.0 Å². The topological polar surface area (TPSA) is 95.4 Å². The first-order valence-corrected chi connectivity index (χ1v) is 8.78. The normalized spacial score (nSPS) is 25.8. The van der Waals surface area contributed by atoms with Crippen LogP contribution in [0.25, 0.3) is 0 Å². The number of allylic oxidation sites excluding steroid dienone is 1. The third-order valence-corrected chi connectivity index (χ3v) is 5.31. The predicted octanol–water partition coefficient (Wildman–Crippen LogP) is 2.20. The highest BCUT2D eigenvalue weighted by atomic mass is 16.5. The van der Waals surface area contributed by atoms with Crippen LogP contribution in [0.3, 0.4) is 0 Å². The van der Waals surface area contributed by atoms with Gasteiger partial charge in [-0.05, 0) is 30.9 Å². The van der Waals surface area contributed by atoms with Crippen LogP contribution in [0.4, 0.5) is 0 Å². The summed E-state index contributed by atoms with van der Waals surface area (Å²) in [4.78, 5) is 2.30. The lowest BCUT2D eigenvalue weighted by Gasteiger charge is -2.37. The number of nitrogens with two attached hydrogens (primary N) is 1. The predicted molar refractivity (Wildman–Crippen MR) is 93.5 cm³/mol. The van der Waals surface area contributed by atoms with Gasteiger partial charge in [0.25, 0.3) is 0 Å². The van der Waals surface area contributed by atoms with Crippen molar-refractivity contribution in [2.75, 3.05) is 19.8 Å². The van der Waals surface area contributed by atoms with Crippen molar-refractivity contribution in [3.8, 4) is 17.6 Å². The number of hydrogen-bond acceptors (Lipinski definition) is 6. The number of nitriles is 1. The van der Waals surface area contributed by atoms with E-state index in [2.05, 4.69) is 11.0 Å².